The molecule has 148 valence electrons. The molecule has 1 aliphatic rings. The predicted octanol–water partition coefficient (Wildman–Crippen LogP) is 4.88. The van der Waals surface area contributed by atoms with Crippen LogP contribution in [0.3, 0.4) is 0 Å². The van der Waals surface area contributed by atoms with Crippen molar-refractivity contribution < 1.29 is 9.53 Å². The number of nitrogens with one attached hydrogen (secondary N) is 1. The first-order valence-electron chi connectivity index (χ1n) is 9.89. The number of amides is 1. The van der Waals surface area contributed by atoms with E-state index in [1.54, 1.807) is 6.07 Å². The van der Waals surface area contributed by atoms with E-state index in [2.05, 4.69) is 22.2 Å². The van der Waals surface area contributed by atoms with Crippen molar-refractivity contribution in [1.29, 1.82) is 0 Å². The van der Waals surface area contributed by atoms with Gasteiger partial charge in [0.1, 0.15) is 23.6 Å². The van der Waals surface area contributed by atoms with Gasteiger partial charge in [0.15, 0.2) is 5.75 Å². The van der Waals surface area contributed by atoms with Crippen molar-refractivity contribution in [2.24, 2.45) is 5.92 Å². The molecule has 4 rings (SSSR count). The fourth-order valence-electron chi connectivity index (χ4n) is 3.49. The topological polar surface area (TPSA) is 67.4 Å². The third-order valence-corrected chi connectivity index (χ3v) is 4.95. The highest BCUT2D eigenvalue weighted by Crippen LogP contribution is 2.31. The first-order valence-corrected chi connectivity index (χ1v) is 9.89. The summed E-state index contributed by atoms with van der Waals surface area (Å²) in [6.45, 7) is 3.74. The van der Waals surface area contributed by atoms with Crippen molar-refractivity contribution >= 4 is 17.4 Å². The lowest BCUT2D eigenvalue weighted by Gasteiger charge is -2.30. The zero-order chi connectivity index (χ0) is 20.1. The number of hydrogen-bond acceptors (Lipinski definition) is 5. The number of aromatic nitrogens is 2. The Labute approximate surface area is 170 Å². The molecule has 0 radical (unpaired) electrons. The summed E-state index contributed by atoms with van der Waals surface area (Å²) >= 11 is 0. The minimum Gasteiger partial charge on any atom is -0.455 e. The molecule has 2 aromatic carbocycles. The van der Waals surface area contributed by atoms with Crippen LogP contribution in [-0.2, 0) is 0 Å². The van der Waals surface area contributed by atoms with Gasteiger partial charge in [0.05, 0.1) is 5.69 Å². The smallest absolute Gasteiger partial charge is 0.272 e. The molecule has 0 bridgehead atoms. The maximum Gasteiger partial charge on any atom is 0.272 e. The number of para-hydroxylation sites is 3. The van der Waals surface area contributed by atoms with Crippen LogP contribution in [0.15, 0.2) is 67.0 Å². The molecule has 0 spiro atoms. The highest BCUT2D eigenvalue weighted by atomic mass is 16.5. The fourth-order valence-corrected chi connectivity index (χ4v) is 3.49. The monoisotopic (exact) mass is 388 g/mol. The van der Waals surface area contributed by atoms with Crippen molar-refractivity contribution in [3.8, 4) is 11.5 Å². The zero-order valence-electron chi connectivity index (χ0n) is 16.4. The second-order valence-corrected chi connectivity index (χ2v) is 7.32. The second-order valence-electron chi connectivity index (χ2n) is 7.32. The number of carbonyl (C=O) groups is 1. The average molecular weight is 388 g/mol. The molecule has 1 N–H and O–H groups in total. The van der Waals surface area contributed by atoms with E-state index in [4.69, 9.17) is 4.74 Å². The van der Waals surface area contributed by atoms with Crippen molar-refractivity contribution in [3.05, 3.63) is 72.7 Å². The lowest BCUT2D eigenvalue weighted by Crippen LogP contribution is -2.39. The van der Waals surface area contributed by atoms with Gasteiger partial charge in [0, 0.05) is 19.2 Å². The van der Waals surface area contributed by atoms with Crippen LogP contribution in [0.25, 0.3) is 0 Å². The molecule has 1 fully saturated rings. The maximum atomic E-state index is 12.8. The van der Waals surface area contributed by atoms with Crippen LogP contribution in [0.5, 0.6) is 11.5 Å². The molecule has 1 aliphatic heterocycles. The lowest BCUT2D eigenvalue weighted by atomic mass is 10.00. The van der Waals surface area contributed by atoms with Crippen LogP contribution in [-0.4, -0.2) is 33.9 Å². The number of benzene rings is 2. The summed E-state index contributed by atoms with van der Waals surface area (Å²) in [5.74, 6) is 2.46. The van der Waals surface area contributed by atoms with Gasteiger partial charge >= 0.3 is 0 Å². The van der Waals surface area contributed by atoms with E-state index in [1.807, 2.05) is 59.5 Å². The van der Waals surface area contributed by atoms with Crippen LogP contribution in [0, 0.1) is 5.92 Å². The second kappa shape index (κ2) is 8.73. The van der Waals surface area contributed by atoms with Crippen LogP contribution < -0.4 is 10.1 Å². The molecule has 6 heteroatoms. The van der Waals surface area contributed by atoms with Crippen molar-refractivity contribution in [2.45, 2.75) is 19.8 Å². The molecule has 6 nitrogen and oxygen atoms in total. The summed E-state index contributed by atoms with van der Waals surface area (Å²) < 4.78 is 5.99. The maximum absolute atomic E-state index is 12.8. The van der Waals surface area contributed by atoms with Gasteiger partial charge in [-0.2, -0.15) is 0 Å². The first kappa shape index (κ1) is 18.9. The minimum absolute atomic E-state index is 0.0455. The van der Waals surface area contributed by atoms with Gasteiger partial charge in [-0.1, -0.05) is 37.3 Å². The van der Waals surface area contributed by atoms with Crippen molar-refractivity contribution in [2.75, 3.05) is 18.4 Å². The van der Waals surface area contributed by atoms with E-state index in [-0.39, 0.29) is 5.91 Å². The number of anilines is 2. The summed E-state index contributed by atoms with van der Waals surface area (Å²) in [5, 5.41) is 3.25. The molecule has 1 saturated heterocycles. The van der Waals surface area contributed by atoms with E-state index >= 15 is 0 Å². The largest absolute Gasteiger partial charge is 0.455 e. The van der Waals surface area contributed by atoms with E-state index in [0.29, 0.717) is 23.2 Å². The number of rotatable bonds is 5. The molecule has 0 aliphatic carbocycles. The number of piperidine rings is 1. The van der Waals surface area contributed by atoms with Gasteiger partial charge in [0.25, 0.3) is 5.91 Å². The quantitative estimate of drug-likeness (QED) is 0.674. The summed E-state index contributed by atoms with van der Waals surface area (Å²) in [5.41, 5.74) is 1.16. The SMILES string of the molecule is CC1CCCN(C(=O)c2cc(Nc3ccccc3Oc3ccccc3)ncn2)C1. The van der Waals surface area contributed by atoms with Gasteiger partial charge in [-0.25, -0.2) is 9.97 Å². The minimum atomic E-state index is -0.0455. The summed E-state index contributed by atoms with van der Waals surface area (Å²) in [6, 6.07) is 18.9. The van der Waals surface area contributed by atoms with Gasteiger partial charge in [-0.3, -0.25) is 4.79 Å². The summed E-state index contributed by atoms with van der Waals surface area (Å²) in [4.78, 5) is 23.2. The number of carbonyl (C=O) groups excluding carboxylic acids is 1. The third kappa shape index (κ3) is 4.71. The number of ether oxygens (including phenoxy) is 1. The van der Waals surface area contributed by atoms with Gasteiger partial charge in [-0.05, 0) is 43.0 Å². The van der Waals surface area contributed by atoms with E-state index < -0.39 is 0 Å². The lowest BCUT2D eigenvalue weighted by molar-refractivity contribution is 0.0677. The average Bonchev–Trinajstić information content (AvgIpc) is 2.75. The fraction of sp³-hybridized carbons (Fsp3) is 0.261. The van der Waals surface area contributed by atoms with Crippen LogP contribution in [0.1, 0.15) is 30.3 Å². The Bertz CT molecular complexity index is 977. The van der Waals surface area contributed by atoms with Gasteiger partial charge in [-0.15, -0.1) is 0 Å². The molecule has 2 heterocycles. The molecule has 3 aromatic rings. The molecular weight excluding hydrogens is 364 g/mol. The predicted molar refractivity (Wildman–Crippen MR) is 113 cm³/mol. The Hall–Kier alpha value is -3.41. The summed E-state index contributed by atoms with van der Waals surface area (Å²) in [6.07, 6.45) is 3.62. The Morgan fingerprint density at radius 2 is 1.90 bits per heavy atom. The molecule has 0 saturated carbocycles. The molecule has 1 amide bonds. The van der Waals surface area contributed by atoms with E-state index in [9.17, 15) is 4.79 Å². The molecule has 1 unspecified atom stereocenters. The Morgan fingerprint density at radius 3 is 2.72 bits per heavy atom. The van der Waals surface area contributed by atoms with Crippen LogP contribution in [0.2, 0.25) is 0 Å². The standard InChI is InChI=1S/C23H24N4O2/c1-17-8-7-13-27(15-17)23(28)20-14-22(25-16-24-20)26-19-11-5-6-12-21(19)29-18-9-3-2-4-10-18/h2-6,9-12,14,16-17H,7-8,13,15H2,1H3,(H,24,25,26). The first-order chi connectivity index (χ1) is 14.2. The van der Waals surface area contributed by atoms with Crippen molar-refractivity contribution in [1.82, 2.24) is 14.9 Å². The number of likely N-dealkylation sites (tertiary alicyclic amines) is 1. The highest BCUT2D eigenvalue weighted by Gasteiger charge is 2.23. The van der Waals surface area contributed by atoms with E-state index in [0.717, 1.165) is 30.9 Å². The normalized spacial score (nSPS) is 16.3. The Kier molecular flexibility index (Phi) is 5.70. The van der Waals surface area contributed by atoms with Gasteiger partial charge in [0.2, 0.25) is 0 Å². The Balaban J connectivity index is 1.52. The highest BCUT2D eigenvalue weighted by molar-refractivity contribution is 5.93. The zero-order valence-corrected chi connectivity index (χ0v) is 16.4. The van der Waals surface area contributed by atoms with Crippen molar-refractivity contribution in [3.63, 3.8) is 0 Å². The van der Waals surface area contributed by atoms with E-state index in [1.165, 1.54) is 12.7 Å². The van der Waals surface area contributed by atoms with Crippen LogP contribution >= 0.6 is 0 Å². The summed E-state index contributed by atoms with van der Waals surface area (Å²) in [7, 11) is 0. The Morgan fingerprint density at radius 1 is 1.10 bits per heavy atom. The number of hydrogen-bond donors (Lipinski definition) is 1. The molecule has 29 heavy (non-hydrogen) atoms. The van der Waals surface area contributed by atoms with Gasteiger partial charge < -0.3 is 15.0 Å². The number of nitrogens with zero attached hydrogens (tertiary/aromatic N) is 3. The molecule has 1 atom stereocenters. The van der Waals surface area contributed by atoms with Crippen LogP contribution in [0.4, 0.5) is 11.5 Å². The molecule has 1 aromatic heterocycles. The third-order valence-electron chi connectivity index (χ3n) is 4.95. The molecular formula is C23H24N4O2.